The van der Waals surface area contributed by atoms with Crippen molar-refractivity contribution in [3.05, 3.63) is 24.3 Å². The Kier molecular flexibility index (Phi) is 5.52. The van der Waals surface area contributed by atoms with Crippen molar-refractivity contribution in [2.45, 2.75) is 25.8 Å². The molecule has 25 heavy (non-hydrogen) atoms. The van der Waals surface area contributed by atoms with Gasteiger partial charge in [0.1, 0.15) is 0 Å². The van der Waals surface area contributed by atoms with Crippen LogP contribution < -0.4 is 5.32 Å². The molecule has 2 aromatic heterocycles. The van der Waals surface area contributed by atoms with Gasteiger partial charge in [-0.2, -0.15) is 16.7 Å². The summed E-state index contributed by atoms with van der Waals surface area (Å²) in [5.41, 5.74) is 0. The first-order valence-corrected chi connectivity index (χ1v) is 9.73. The fourth-order valence-corrected chi connectivity index (χ4v) is 3.51. The Bertz CT molecular complexity index is 723. The number of carbonyl (C=O) groups excluding carboxylic acids is 2. The number of nitrogens with one attached hydrogen (secondary N) is 1. The van der Waals surface area contributed by atoms with E-state index in [1.54, 1.807) is 30.2 Å². The van der Waals surface area contributed by atoms with Gasteiger partial charge in [0.05, 0.1) is 5.75 Å². The van der Waals surface area contributed by atoms with E-state index in [1.807, 2.05) is 18.1 Å². The molecular weight excluding hydrogens is 340 g/mol. The highest BCUT2D eigenvalue weighted by Gasteiger charge is 2.27. The second kappa shape index (κ2) is 7.81. The van der Waals surface area contributed by atoms with Crippen molar-refractivity contribution in [3.63, 3.8) is 0 Å². The molecule has 1 fully saturated rings. The first-order chi connectivity index (χ1) is 12.1. The van der Waals surface area contributed by atoms with E-state index >= 15 is 0 Å². The van der Waals surface area contributed by atoms with Crippen LogP contribution in [-0.2, 0) is 4.79 Å². The lowest BCUT2D eigenvalue weighted by atomic mass is 9.90. The predicted molar refractivity (Wildman–Crippen MR) is 95.4 cm³/mol. The van der Waals surface area contributed by atoms with Gasteiger partial charge in [0.15, 0.2) is 0 Å². The number of fused-ring (bicyclic) bond motifs is 1. The smallest absolute Gasteiger partial charge is 0.291 e. The molecule has 0 spiro atoms. The Morgan fingerprint density at radius 2 is 2.16 bits per heavy atom. The molecule has 1 atom stereocenters. The molecule has 0 aliphatic carbocycles. The maximum absolute atomic E-state index is 12.4. The van der Waals surface area contributed by atoms with E-state index < -0.39 is 0 Å². The quantitative estimate of drug-likeness (QED) is 0.847. The SMILES string of the molecule is CSCC(=O)N1CCC([C@@H](C)NC(=O)c2nc3ncccn3n2)CC1. The molecule has 3 rings (SSSR count). The molecule has 9 heteroatoms. The summed E-state index contributed by atoms with van der Waals surface area (Å²) >= 11 is 1.55. The van der Waals surface area contributed by atoms with Crippen LogP contribution in [-0.4, -0.2) is 67.4 Å². The minimum atomic E-state index is -0.293. The van der Waals surface area contributed by atoms with Crippen molar-refractivity contribution in [2.75, 3.05) is 25.1 Å². The van der Waals surface area contributed by atoms with E-state index in [-0.39, 0.29) is 23.7 Å². The Hall–Kier alpha value is -2.16. The van der Waals surface area contributed by atoms with Gasteiger partial charge in [-0.1, -0.05) is 0 Å². The van der Waals surface area contributed by atoms with Crippen molar-refractivity contribution < 1.29 is 9.59 Å². The van der Waals surface area contributed by atoms with Crippen LogP contribution in [0.25, 0.3) is 5.78 Å². The zero-order valence-electron chi connectivity index (χ0n) is 14.4. The summed E-state index contributed by atoms with van der Waals surface area (Å²) in [6, 6.07) is 1.74. The normalized spacial score (nSPS) is 16.8. The number of thioether (sulfide) groups is 1. The number of hydrogen-bond acceptors (Lipinski definition) is 6. The van der Waals surface area contributed by atoms with Crippen molar-refractivity contribution in [2.24, 2.45) is 5.92 Å². The lowest BCUT2D eigenvalue weighted by molar-refractivity contribution is -0.129. The van der Waals surface area contributed by atoms with Crippen molar-refractivity contribution in [1.82, 2.24) is 29.8 Å². The standard InChI is InChI=1S/C16H22N6O2S/c1-11(12-4-8-21(9-5-12)13(23)10-25-2)18-15(24)14-19-16-17-6-3-7-22(16)20-14/h3,6-7,11-12H,4-5,8-10H2,1-2H3,(H,18,24)/t11-/m1/s1. The fraction of sp³-hybridized carbons (Fsp3) is 0.562. The Labute approximate surface area is 150 Å². The lowest BCUT2D eigenvalue weighted by Gasteiger charge is -2.35. The van der Waals surface area contributed by atoms with Gasteiger partial charge >= 0.3 is 0 Å². The zero-order chi connectivity index (χ0) is 17.8. The first-order valence-electron chi connectivity index (χ1n) is 8.33. The monoisotopic (exact) mass is 362 g/mol. The molecule has 0 aromatic carbocycles. The number of amides is 2. The number of likely N-dealkylation sites (tertiary alicyclic amines) is 1. The molecule has 1 N–H and O–H groups in total. The van der Waals surface area contributed by atoms with Gasteiger partial charge in [-0.3, -0.25) is 9.59 Å². The average molecular weight is 362 g/mol. The molecule has 3 heterocycles. The summed E-state index contributed by atoms with van der Waals surface area (Å²) in [6.07, 6.45) is 7.03. The molecule has 0 unspecified atom stereocenters. The van der Waals surface area contributed by atoms with Crippen molar-refractivity contribution in [1.29, 1.82) is 0 Å². The zero-order valence-corrected chi connectivity index (χ0v) is 15.2. The number of piperidine rings is 1. The van der Waals surface area contributed by atoms with E-state index in [0.717, 1.165) is 25.9 Å². The Balaban J connectivity index is 1.54. The molecule has 2 aromatic rings. The maximum Gasteiger partial charge on any atom is 0.291 e. The molecule has 2 amide bonds. The van der Waals surface area contributed by atoms with Gasteiger partial charge in [0.25, 0.3) is 11.7 Å². The second-order valence-electron chi connectivity index (χ2n) is 6.21. The topological polar surface area (TPSA) is 92.5 Å². The minimum absolute atomic E-state index is 0.00451. The van der Waals surface area contributed by atoms with Gasteiger partial charge in [0.2, 0.25) is 11.7 Å². The Morgan fingerprint density at radius 3 is 2.84 bits per heavy atom. The minimum Gasteiger partial charge on any atom is -0.347 e. The predicted octanol–water partition coefficient (Wildman–Crippen LogP) is 0.844. The van der Waals surface area contributed by atoms with Crippen LogP contribution >= 0.6 is 11.8 Å². The molecule has 134 valence electrons. The summed E-state index contributed by atoms with van der Waals surface area (Å²) < 4.78 is 1.48. The summed E-state index contributed by atoms with van der Waals surface area (Å²) in [4.78, 5) is 34.4. The van der Waals surface area contributed by atoms with E-state index in [4.69, 9.17) is 0 Å². The van der Waals surface area contributed by atoms with Gasteiger partial charge in [-0.25, -0.2) is 9.50 Å². The number of aromatic nitrogens is 4. The van der Waals surface area contributed by atoms with Crippen molar-refractivity contribution >= 4 is 29.4 Å². The molecular formula is C16H22N6O2S. The summed E-state index contributed by atoms with van der Waals surface area (Å²) in [5, 5.41) is 7.13. The average Bonchev–Trinajstić information content (AvgIpc) is 3.06. The molecule has 8 nitrogen and oxygen atoms in total. The first kappa shape index (κ1) is 17.7. The largest absolute Gasteiger partial charge is 0.347 e. The van der Waals surface area contributed by atoms with Gasteiger partial charge in [0, 0.05) is 31.5 Å². The Morgan fingerprint density at radius 1 is 1.40 bits per heavy atom. The number of rotatable bonds is 5. The van der Waals surface area contributed by atoms with Crippen LogP contribution in [0.2, 0.25) is 0 Å². The van der Waals surface area contributed by atoms with Gasteiger partial charge < -0.3 is 10.2 Å². The van der Waals surface area contributed by atoms with Crippen LogP contribution in [0.5, 0.6) is 0 Å². The summed E-state index contributed by atoms with van der Waals surface area (Å²) in [5.74, 6) is 1.31. The van der Waals surface area contributed by atoms with E-state index in [9.17, 15) is 9.59 Å². The molecule has 0 radical (unpaired) electrons. The van der Waals surface area contributed by atoms with Crippen LogP contribution in [0.1, 0.15) is 30.4 Å². The van der Waals surface area contributed by atoms with E-state index in [0.29, 0.717) is 17.4 Å². The van der Waals surface area contributed by atoms with Crippen molar-refractivity contribution in [3.8, 4) is 0 Å². The number of hydrogen-bond donors (Lipinski definition) is 1. The summed E-state index contributed by atoms with van der Waals surface area (Å²) in [6.45, 7) is 3.50. The van der Waals surface area contributed by atoms with E-state index in [1.165, 1.54) is 4.52 Å². The lowest BCUT2D eigenvalue weighted by Crippen LogP contribution is -2.46. The third-order valence-corrected chi connectivity index (χ3v) is 5.08. The summed E-state index contributed by atoms with van der Waals surface area (Å²) in [7, 11) is 0. The van der Waals surface area contributed by atoms with Crippen LogP contribution in [0.3, 0.4) is 0 Å². The maximum atomic E-state index is 12.4. The highest BCUT2D eigenvalue weighted by Crippen LogP contribution is 2.21. The highest BCUT2D eigenvalue weighted by atomic mass is 32.2. The van der Waals surface area contributed by atoms with Gasteiger partial charge in [-0.05, 0) is 38.0 Å². The van der Waals surface area contributed by atoms with Crippen LogP contribution in [0.15, 0.2) is 18.5 Å². The van der Waals surface area contributed by atoms with Crippen LogP contribution in [0, 0.1) is 5.92 Å². The molecule has 0 bridgehead atoms. The third-order valence-electron chi connectivity index (χ3n) is 4.55. The molecule has 1 aliphatic heterocycles. The van der Waals surface area contributed by atoms with E-state index in [2.05, 4.69) is 20.4 Å². The van der Waals surface area contributed by atoms with Gasteiger partial charge in [-0.15, -0.1) is 5.10 Å². The highest BCUT2D eigenvalue weighted by molar-refractivity contribution is 7.99. The third kappa shape index (κ3) is 4.09. The number of nitrogens with zero attached hydrogens (tertiary/aromatic N) is 5. The molecule has 1 aliphatic rings. The number of carbonyl (C=O) groups is 2. The fourth-order valence-electron chi connectivity index (χ4n) is 3.08. The molecule has 1 saturated heterocycles. The second-order valence-corrected chi connectivity index (χ2v) is 7.08. The van der Waals surface area contributed by atoms with Crippen LogP contribution in [0.4, 0.5) is 0 Å². The molecule has 0 saturated carbocycles.